The average molecular weight is 292 g/mol. The van der Waals surface area contributed by atoms with Crippen LogP contribution in [0, 0.1) is 11.6 Å². The summed E-state index contributed by atoms with van der Waals surface area (Å²) in [6, 6.07) is 1.49. The highest BCUT2D eigenvalue weighted by Crippen LogP contribution is 2.38. The second-order valence-electron chi connectivity index (χ2n) is 4.60. The van der Waals surface area contributed by atoms with Gasteiger partial charge in [0.15, 0.2) is 17.4 Å². The first-order valence-corrected chi connectivity index (χ1v) is 5.94. The van der Waals surface area contributed by atoms with Crippen LogP contribution in [-0.2, 0) is 4.74 Å². The van der Waals surface area contributed by atoms with E-state index >= 15 is 0 Å². The number of ether oxygens (including phenoxy) is 2. The Labute approximate surface area is 112 Å². The molecule has 0 aliphatic heterocycles. The molecular weight excluding hydrogens is 280 g/mol. The maximum atomic E-state index is 13.7. The van der Waals surface area contributed by atoms with Gasteiger partial charge in [-0.05, 0) is 18.6 Å². The van der Waals surface area contributed by atoms with Crippen LogP contribution in [0.15, 0.2) is 12.1 Å². The van der Waals surface area contributed by atoms with Crippen LogP contribution >= 0.6 is 0 Å². The summed E-state index contributed by atoms with van der Waals surface area (Å²) in [5.41, 5.74) is -0.313. The normalized spacial score (nSPS) is 20.8. The number of benzene rings is 1. The van der Waals surface area contributed by atoms with Crippen LogP contribution in [0.25, 0.3) is 0 Å². The zero-order valence-electron chi connectivity index (χ0n) is 10.6. The van der Waals surface area contributed by atoms with Gasteiger partial charge in [-0.2, -0.15) is 0 Å². The molecule has 0 spiro atoms. The minimum atomic E-state index is -2.87. The van der Waals surface area contributed by atoms with Crippen LogP contribution in [0.4, 0.5) is 17.6 Å². The molecule has 3 nitrogen and oxygen atoms in total. The van der Waals surface area contributed by atoms with E-state index in [1.165, 1.54) is 0 Å². The van der Waals surface area contributed by atoms with E-state index in [1.807, 2.05) is 0 Å². The number of alkyl halides is 2. The first kappa shape index (κ1) is 14.6. The Morgan fingerprint density at radius 2 is 1.90 bits per heavy atom. The molecule has 0 N–H and O–H groups in total. The van der Waals surface area contributed by atoms with E-state index in [9.17, 15) is 22.4 Å². The number of halogens is 4. The summed E-state index contributed by atoms with van der Waals surface area (Å²) in [5, 5.41) is 0. The van der Waals surface area contributed by atoms with Gasteiger partial charge in [0.25, 0.3) is 5.92 Å². The van der Waals surface area contributed by atoms with Crippen molar-refractivity contribution in [2.75, 3.05) is 7.11 Å². The summed E-state index contributed by atoms with van der Waals surface area (Å²) in [6.45, 7) is 0. The molecule has 1 fully saturated rings. The highest BCUT2D eigenvalue weighted by Gasteiger charge is 2.41. The lowest BCUT2D eigenvalue weighted by Gasteiger charge is -2.15. The maximum Gasteiger partial charge on any atom is 0.338 e. The Balaban J connectivity index is 2.19. The highest BCUT2D eigenvalue weighted by molar-refractivity contribution is 5.89. The maximum absolute atomic E-state index is 13.7. The predicted octanol–water partition coefficient (Wildman–Crippen LogP) is 3.32. The highest BCUT2D eigenvalue weighted by atomic mass is 19.3. The van der Waals surface area contributed by atoms with E-state index in [-0.39, 0.29) is 18.4 Å². The molecule has 1 atom stereocenters. The third-order valence-corrected chi connectivity index (χ3v) is 3.06. The van der Waals surface area contributed by atoms with Gasteiger partial charge in [-0.25, -0.2) is 22.4 Å². The van der Waals surface area contributed by atoms with Crippen LogP contribution in [-0.4, -0.2) is 25.1 Å². The van der Waals surface area contributed by atoms with Gasteiger partial charge >= 0.3 is 5.97 Å². The number of hydrogen-bond acceptors (Lipinski definition) is 3. The molecule has 0 radical (unpaired) electrons. The van der Waals surface area contributed by atoms with Crippen molar-refractivity contribution < 1.29 is 31.8 Å². The van der Waals surface area contributed by atoms with E-state index in [0.717, 1.165) is 19.2 Å². The van der Waals surface area contributed by atoms with E-state index < -0.39 is 41.8 Å². The lowest BCUT2D eigenvalue weighted by molar-refractivity contribution is -0.00168. The zero-order valence-corrected chi connectivity index (χ0v) is 10.6. The van der Waals surface area contributed by atoms with Gasteiger partial charge in [0.05, 0.1) is 12.7 Å². The summed E-state index contributed by atoms with van der Waals surface area (Å²) in [5.74, 6) is -6.77. The minimum absolute atomic E-state index is 0.0185. The minimum Gasteiger partial charge on any atom is -0.484 e. The smallest absolute Gasteiger partial charge is 0.338 e. The average Bonchev–Trinajstić information content (AvgIpc) is 2.72. The van der Waals surface area contributed by atoms with Gasteiger partial charge in [-0.15, -0.1) is 0 Å². The fraction of sp³-hybridized carbons (Fsp3) is 0.462. The van der Waals surface area contributed by atoms with Gasteiger partial charge < -0.3 is 9.47 Å². The third-order valence-electron chi connectivity index (χ3n) is 3.06. The lowest BCUT2D eigenvalue weighted by atomic mass is 10.2. The van der Waals surface area contributed by atoms with Crippen LogP contribution < -0.4 is 4.74 Å². The fourth-order valence-electron chi connectivity index (χ4n) is 2.08. The molecule has 1 saturated carbocycles. The van der Waals surface area contributed by atoms with Gasteiger partial charge in [0.1, 0.15) is 6.10 Å². The first-order valence-electron chi connectivity index (χ1n) is 5.94. The second-order valence-corrected chi connectivity index (χ2v) is 4.60. The van der Waals surface area contributed by atoms with Crippen molar-refractivity contribution in [2.24, 2.45) is 0 Å². The van der Waals surface area contributed by atoms with Crippen molar-refractivity contribution >= 4 is 5.97 Å². The Morgan fingerprint density at radius 3 is 2.35 bits per heavy atom. The van der Waals surface area contributed by atoms with E-state index in [1.54, 1.807) is 0 Å². The zero-order chi connectivity index (χ0) is 14.9. The molecule has 0 heterocycles. The summed E-state index contributed by atoms with van der Waals surface area (Å²) < 4.78 is 62.7. The van der Waals surface area contributed by atoms with E-state index in [0.29, 0.717) is 0 Å². The number of carbonyl (C=O) groups excluding carboxylic acids is 1. The first-order chi connectivity index (χ1) is 9.32. The Kier molecular flexibility index (Phi) is 3.87. The Morgan fingerprint density at radius 1 is 1.30 bits per heavy atom. The molecule has 1 aliphatic rings. The Bertz CT molecular complexity index is 507. The molecule has 1 aromatic rings. The number of rotatable bonds is 3. The van der Waals surface area contributed by atoms with Crippen LogP contribution in [0.2, 0.25) is 0 Å². The molecule has 0 bridgehead atoms. The number of esters is 1. The van der Waals surface area contributed by atoms with Gasteiger partial charge in [-0.1, -0.05) is 0 Å². The summed E-state index contributed by atoms with van der Waals surface area (Å²) in [7, 11) is 1.07. The number of carbonyl (C=O) groups is 1. The third kappa shape index (κ3) is 3.02. The van der Waals surface area contributed by atoms with Crippen molar-refractivity contribution in [1.29, 1.82) is 0 Å². The molecule has 0 aromatic heterocycles. The molecule has 7 heteroatoms. The van der Waals surface area contributed by atoms with Crippen molar-refractivity contribution in [3.05, 3.63) is 29.3 Å². The van der Waals surface area contributed by atoms with Crippen molar-refractivity contribution in [2.45, 2.75) is 31.3 Å². The fourth-order valence-corrected chi connectivity index (χ4v) is 2.08. The van der Waals surface area contributed by atoms with E-state index in [2.05, 4.69) is 4.74 Å². The molecule has 0 saturated heterocycles. The largest absolute Gasteiger partial charge is 0.484 e. The SMILES string of the molecule is COC(=O)c1cc(F)c(OC2CCC(F)(F)C2)c(F)c1. The summed E-state index contributed by atoms with van der Waals surface area (Å²) >= 11 is 0. The quantitative estimate of drug-likeness (QED) is 0.633. The van der Waals surface area contributed by atoms with E-state index in [4.69, 9.17) is 4.74 Å². The molecule has 20 heavy (non-hydrogen) atoms. The predicted molar refractivity (Wildman–Crippen MR) is 60.9 cm³/mol. The van der Waals surface area contributed by atoms with Crippen LogP contribution in [0.3, 0.4) is 0 Å². The van der Waals surface area contributed by atoms with Crippen molar-refractivity contribution in [3.8, 4) is 5.75 Å². The Hall–Kier alpha value is -1.79. The molecule has 0 amide bonds. The standard InChI is InChI=1S/C13H12F4O3/c1-19-12(18)7-4-9(14)11(10(15)5-7)20-8-2-3-13(16,17)6-8/h4-5,8H,2-3,6H2,1H3. The summed E-state index contributed by atoms with van der Waals surface area (Å²) in [6.07, 6.45) is -1.88. The lowest BCUT2D eigenvalue weighted by Crippen LogP contribution is -2.18. The number of hydrogen-bond donors (Lipinski definition) is 0. The van der Waals surface area contributed by atoms with Gasteiger partial charge in [0.2, 0.25) is 0 Å². The monoisotopic (exact) mass is 292 g/mol. The van der Waals surface area contributed by atoms with Gasteiger partial charge in [0, 0.05) is 12.8 Å². The van der Waals surface area contributed by atoms with Crippen LogP contribution in [0.5, 0.6) is 5.75 Å². The van der Waals surface area contributed by atoms with Crippen molar-refractivity contribution in [3.63, 3.8) is 0 Å². The summed E-state index contributed by atoms with van der Waals surface area (Å²) in [4.78, 5) is 11.2. The second kappa shape index (κ2) is 5.30. The van der Waals surface area contributed by atoms with Crippen molar-refractivity contribution in [1.82, 2.24) is 0 Å². The molecule has 1 unspecified atom stereocenters. The molecule has 1 aromatic carbocycles. The molecule has 110 valence electrons. The molecule has 2 rings (SSSR count). The topological polar surface area (TPSA) is 35.5 Å². The molecular formula is C13H12F4O3. The van der Waals surface area contributed by atoms with Gasteiger partial charge in [-0.3, -0.25) is 0 Å². The molecule has 1 aliphatic carbocycles. The number of methoxy groups -OCH3 is 1. The van der Waals surface area contributed by atoms with Crippen LogP contribution in [0.1, 0.15) is 29.6 Å².